The molecule has 1 amide bonds. The third-order valence-corrected chi connectivity index (χ3v) is 3.83. The maximum atomic E-state index is 12.6. The molecule has 1 fully saturated rings. The highest BCUT2D eigenvalue weighted by atomic mass is 16.5. The van der Waals surface area contributed by atoms with E-state index in [0.29, 0.717) is 19.1 Å². The van der Waals surface area contributed by atoms with Crippen LogP contribution in [0.4, 0.5) is 0 Å². The van der Waals surface area contributed by atoms with Crippen molar-refractivity contribution in [2.24, 2.45) is 7.05 Å². The molecule has 7 nitrogen and oxygen atoms in total. The van der Waals surface area contributed by atoms with Crippen LogP contribution >= 0.6 is 0 Å². The number of carbonyl (C=O) groups is 1. The van der Waals surface area contributed by atoms with E-state index >= 15 is 0 Å². The predicted octanol–water partition coefficient (Wildman–Crippen LogP) is 0.859. The van der Waals surface area contributed by atoms with Crippen molar-refractivity contribution in [3.05, 3.63) is 52.7 Å². The highest BCUT2D eigenvalue weighted by Crippen LogP contribution is 2.16. The van der Waals surface area contributed by atoms with Crippen molar-refractivity contribution < 1.29 is 9.53 Å². The van der Waals surface area contributed by atoms with E-state index in [2.05, 4.69) is 9.97 Å². The number of aryl methyl sites for hydroxylation is 1. The molecule has 120 valence electrons. The molecule has 23 heavy (non-hydrogen) atoms. The summed E-state index contributed by atoms with van der Waals surface area (Å²) in [5.74, 6) is -0.256. The van der Waals surface area contributed by atoms with Crippen LogP contribution in [0.2, 0.25) is 0 Å². The van der Waals surface area contributed by atoms with Crippen LogP contribution in [-0.4, -0.2) is 44.5 Å². The Hall–Kier alpha value is -2.70. The van der Waals surface area contributed by atoms with E-state index in [9.17, 15) is 9.59 Å². The molecule has 1 unspecified atom stereocenters. The van der Waals surface area contributed by atoms with Crippen molar-refractivity contribution in [3.8, 4) is 6.01 Å². The first-order chi connectivity index (χ1) is 11.1. The van der Waals surface area contributed by atoms with E-state index in [1.807, 2.05) is 0 Å². The summed E-state index contributed by atoms with van der Waals surface area (Å²) in [5, 5.41) is 0. The Labute approximate surface area is 133 Å². The van der Waals surface area contributed by atoms with Crippen LogP contribution in [0.15, 0.2) is 41.6 Å². The maximum Gasteiger partial charge on any atom is 0.316 e. The van der Waals surface area contributed by atoms with E-state index < -0.39 is 0 Å². The molecule has 7 heteroatoms. The highest BCUT2D eigenvalue weighted by molar-refractivity contribution is 5.93. The number of pyridine rings is 1. The number of ether oxygens (including phenoxy) is 1. The van der Waals surface area contributed by atoms with Gasteiger partial charge in [-0.15, -0.1) is 0 Å². The fourth-order valence-electron chi connectivity index (χ4n) is 2.64. The normalized spacial score (nSPS) is 17.8. The summed E-state index contributed by atoms with van der Waals surface area (Å²) in [4.78, 5) is 34.4. The number of hydrogen-bond acceptors (Lipinski definition) is 5. The topological polar surface area (TPSA) is 77.3 Å². The lowest BCUT2D eigenvalue weighted by molar-refractivity contribution is 0.0514. The van der Waals surface area contributed by atoms with Gasteiger partial charge >= 0.3 is 6.01 Å². The van der Waals surface area contributed by atoms with Crippen LogP contribution in [0, 0.1) is 0 Å². The average molecular weight is 314 g/mol. The Morgan fingerprint density at radius 1 is 1.30 bits per heavy atom. The lowest BCUT2D eigenvalue weighted by Crippen LogP contribution is -2.46. The second-order valence-corrected chi connectivity index (χ2v) is 5.50. The molecule has 0 spiro atoms. The monoisotopic (exact) mass is 314 g/mol. The first-order valence-electron chi connectivity index (χ1n) is 7.54. The fraction of sp³-hybridized carbons (Fsp3) is 0.375. The Morgan fingerprint density at radius 2 is 2.09 bits per heavy atom. The number of piperidine rings is 1. The zero-order chi connectivity index (χ0) is 16.2. The quantitative estimate of drug-likeness (QED) is 0.840. The van der Waals surface area contributed by atoms with E-state index in [4.69, 9.17) is 4.74 Å². The maximum absolute atomic E-state index is 12.6. The van der Waals surface area contributed by atoms with Crippen molar-refractivity contribution in [3.63, 3.8) is 0 Å². The molecular formula is C16H18N4O3. The molecule has 3 heterocycles. The summed E-state index contributed by atoms with van der Waals surface area (Å²) in [7, 11) is 1.63. The molecule has 1 aliphatic heterocycles. The van der Waals surface area contributed by atoms with Crippen LogP contribution in [0.1, 0.15) is 23.2 Å². The van der Waals surface area contributed by atoms with E-state index in [-0.39, 0.29) is 23.1 Å². The first kappa shape index (κ1) is 15.2. The van der Waals surface area contributed by atoms with Crippen molar-refractivity contribution in [2.45, 2.75) is 18.9 Å². The first-order valence-corrected chi connectivity index (χ1v) is 7.54. The summed E-state index contributed by atoms with van der Waals surface area (Å²) in [6, 6.07) is 5.29. The van der Waals surface area contributed by atoms with Gasteiger partial charge < -0.3 is 14.2 Å². The van der Waals surface area contributed by atoms with Crippen LogP contribution < -0.4 is 10.3 Å². The van der Waals surface area contributed by atoms with Crippen LogP contribution in [-0.2, 0) is 7.05 Å². The lowest BCUT2D eigenvalue weighted by Gasteiger charge is -2.32. The minimum atomic E-state index is -0.285. The Morgan fingerprint density at radius 3 is 2.87 bits per heavy atom. The molecule has 1 saturated heterocycles. The van der Waals surface area contributed by atoms with Crippen LogP contribution in [0.3, 0.4) is 0 Å². The number of amides is 1. The molecule has 0 aromatic carbocycles. The number of hydrogen-bond donors (Lipinski definition) is 0. The minimum absolute atomic E-state index is 0.164. The van der Waals surface area contributed by atoms with Crippen molar-refractivity contribution in [2.75, 3.05) is 13.1 Å². The van der Waals surface area contributed by atoms with Crippen molar-refractivity contribution in [1.82, 2.24) is 19.4 Å². The minimum Gasteiger partial charge on any atom is -0.458 e. The highest BCUT2D eigenvalue weighted by Gasteiger charge is 2.27. The zero-order valence-electron chi connectivity index (χ0n) is 12.9. The summed E-state index contributed by atoms with van der Waals surface area (Å²) in [6.07, 6.45) is 6.34. The van der Waals surface area contributed by atoms with Gasteiger partial charge in [0.25, 0.3) is 11.5 Å². The number of carbonyl (C=O) groups excluding carboxylic acids is 1. The SMILES string of the molecule is Cn1cccc(C(=O)N2CCCC(Oc3ncccn3)C2)c1=O. The molecule has 0 radical (unpaired) electrons. The number of aromatic nitrogens is 3. The van der Waals surface area contributed by atoms with Crippen molar-refractivity contribution in [1.29, 1.82) is 0 Å². The number of rotatable bonds is 3. The summed E-state index contributed by atoms with van der Waals surface area (Å²) in [6.45, 7) is 1.04. The molecule has 0 bridgehead atoms. The number of likely N-dealkylation sites (tertiary alicyclic amines) is 1. The third-order valence-electron chi connectivity index (χ3n) is 3.83. The standard InChI is InChI=1S/C16H18N4O3/c1-19-9-3-6-13(14(19)21)15(22)20-10-2-5-12(11-20)23-16-17-7-4-8-18-16/h3-4,6-9,12H,2,5,10-11H2,1H3. The fourth-order valence-corrected chi connectivity index (χ4v) is 2.64. The van der Waals surface area contributed by atoms with Gasteiger partial charge in [0.1, 0.15) is 11.7 Å². The van der Waals surface area contributed by atoms with Gasteiger partial charge in [0.2, 0.25) is 0 Å². The van der Waals surface area contributed by atoms with Gasteiger partial charge in [-0.2, -0.15) is 0 Å². The van der Waals surface area contributed by atoms with Crippen molar-refractivity contribution >= 4 is 5.91 Å². The van der Waals surface area contributed by atoms with Crippen LogP contribution in [0.25, 0.3) is 0 Å². The molecule has 1 atom stereocenters. The van der Waals surface area contributed by atoms with Gasteiger partial charge in [0.05, 0.1) is 6.54 Å². The number of nitrogens with zero attached hydrogens (tertiary/aromatic N) is 4. The Kier molecular flexibility index (Phi) is 4.36. The Balaban J connectivity index is 1.72. The second kappa shape index (κ2) is 6.60. The molecule has 2 aromatic rings. The van der Waals surface area contributed by atoms with Gasteiger partial charge in [0.15, 0.2) is 0 Å². The van der Waals surface area contributed by atoms with E-state index in [1.54, 1.807) is 48.7 Å². The van der Waals surface area contributed by atoms with E-state index in [0.717, 1.165) is 12.8 Å². The van der Waals surface area contributed by atoms with E-state index in [1.165, 1.54) is 4.57 Å². The molecule has 2 aromatic heterocycles. The summed E-state index contributed by atoms with van der Waals surface area (Å²) >= 11 is 0. The smallest absolute Gasteiger partial charge is 0.316 e. The lowest BCUT2D eigenvalue weighted by atomic mass is 10.1. The van der Waals surface area contributed by atoms with Crippen LogP contribution in [0.5, 0.6) is 6.01 Å². The molecule has 0 aliphatic carbocycles. The van der Waals surface area contributed by atoms with Gasteiger partial charge in [0, 0.05) is 32.2 Å². The summed E-state index contributed by atoms with van der Waals surface area (Å²) in [5.41, 5.74) is -0.0986. The third kappa shape index (κ3) is 3.39. The molecule has 1 aliphatic rings. The second-order valence-electron chi connectivity index (χ2n) is 5.50. The predicted molar refractivity (Wildman–Crippen MR) is 83.3 cm³/mol. The van der Waals surface area contributed by atoms with Gasteiger partial charge in [-0.1, -0.05) is 0 Å². The molecule has 3 rings (SSSR count). The van der Waals surface area contributed by atoms with Gasteiger partial charge in [-0.3, -0.25) is 9.59 Å². The summed E-state index contributed by atoms with van der Waals surface area (Å²) < 4.78 is 7.13. The van der Waals surface area contributed by atoms with Gasteiger partial charge in [-0.05, 0) is 31.0 Å². The zero-order valence-corrected chi connectivity index (χ0v) is 12.9. The Bertz CT molecular complexity index is 744. The molecular weight excluding hydrogens is 296 g/mol. The largest absolute Gasteiger partial charge is 0.458 e. The average Bonchev–Trinajstić information content (AvgIpc) is 2.58. The molecule has 0 saturated carbocycles. The van der Waals surface area contributed by atoms with Gasteiger partial charge in [-0.25, -0.2) is 9.97 Å². The molecule has 0 N–H and O–H groups in total.